The minimum Gasteiger partial charge on any atom is -0.244 e. The van der Waals surface area contributed by atoms with E-state index in [-0.39, 0.29) is 11.1 Å². The van der Waals surface area contributed by atoms with E-state index in [1.807, 2.05) is 0 Å². The first kappa shape index (κ1) is 52.3. The molecule has 0 saturated carbocycles. The molecule has 1 aromatic heterocycles. The molecule has 0 bridgehead atoms. The number of nitrogens with zero attached hydrogens (tertiary/aromatic N) is 4. The van der Waals surface area contributed by atoms with Gasteiger partial charge < -0.3 is 0 Å². The maximum Gasteiger partial charge on any atom is 0.101 e. The topological polar surface area (TPSA) is 73.4 Å². The Kier molecular flexibility index (Phi) is 14.1. The van der Waals surface area contributed by atoms with Gasteiger partial charge in [0.1, 0.15) is 12.1 Å². The van der Waals surface area contributed by atoms with Crippen LogP contribution in [0.3, 0.4) is 0 Å². The van der Waals surface area contributed by atoms with E-state index in [1.54, 1.807) is 12.1 Å². The van der Waals surface area contributed by atoms with Gasteiger partial charge in [-0.3, -0.25) is 0 Å². The van der Waals surface area contributed by atoms with Gasteiger partial charge in [-0.25, -0.2) is 9.97 Å². The third kappa shape index (κ3) is 9.90. The fourth-order valence-corrected chi connectivity index (χ4v) is 12.2. The second kappa shape index (κ2) is 23.2. The molecule has 14 aromatic rings. The second-order valence-corrected chi connectivity index (χ2v) is 21.3. The average molecular weight is 1090 g/mol. The Hall–Kier alpha value is -11.8. The largest absolute Gasteiger partial charge is 0.244 e. The van der Waals surface area contributed by atoms with Gasteiger partial charge >= 0.3 is 0 Å². The molecule has 0 unspecified atom stereocenters. The van der Waals surface area contributed by atoms with Gasteiger partial charge in [-0.05, 0) is 136 Å². The summed E-state index contributed by atoms with van der Waals surface area (Å²) in [5.41, 5.74) is 26.9. The van der Waals surface area contributed by atoms with Crippen molar-refractivity contribution in [3.05, 3.63) is 327 Å². The Morgan fingerprint density at radius 2 is 0.395 bits per heavy atom. The number of aromatic nitrogens is 2. The molecular formula is C82H52N4. The quantitative estimate of drug-likeness (QED) is 0.122. The molecule has 0 spiro atoms. The van der Waals surface area contributed by atoms with Crippen LogP contribution in [0.5, 0.6) is 0 Å². The summed E-state index contributed by atoms with van der Waals surface area (Å²) < 4.78 is 0. The normalized spacial score (nSPS) is 11.0. The number of rotatable bonds is 12. The summed E-state index contributed by atoms with van der Waals surface area (Å²) in [7, 11) is 0. The molecule has 14 rings (SSSR count). The molecule has 0 aliphatic carbocycles. The maximum absolute atomic E-state index is 10.2. The summed E-state index contributed by atoms with van der Waals surface area (Å²) in [5.74, 6) is 0. The Labute approximate surface area is 501 Å². The Balaban J connectivity index is 0.971. The van der Waals surface area contributed by atoms with Crippen molar-refractivity contribution < 1.29 is 0 Å². The van der Waals surface area contributed by atoms with Gasteiger partial charge in [0.15, 0.2) is 0 Å². The molecule has 0 N–H and O–H groups in total. The van der Waals surface area contributed by atoms with Crippen LogP contribution in [0.25, 0.3) is 145 Å². The molecule has 0 radical (unpaired) electrons. The van der Waals surface area contributed by atoms with Crippen molar-refractivity contribution in [3.8, 4) is 146 Å². The first-order valence-electron chi connectivity index (χ1n) is 28.8. The van der Waals surface area contributed by atoms with E-state index in [2.05, 4.69) is 315 Å². The zero-order chi connectivity index (χ0) is 57.8. The summed E-state index contributed by atoms with van der Waals surface area (Å²) in [6.07, 6.45) is 0. The van der Waals surface area contributed by atoms with Crippen LogP contribution in [0, 0.1) is 22.7 Å². The summed E-state index contributed by atoms with van der Waals surface area (Å²) in [6.45, 7) is 0. The van der Waals surface area contributed by atoms with Crippen molar-refractivity contribution in [3.63, 3.8) is 0 Å². The predicted molar refractivity (Wildman–Crippen MR) is 354 cm³/mol. The van der Waals surface area contributed by atoms with Gasteiger partial charge in [-0.1, -0.05) is 291 Å². The van der Waals surface area contributed by atoms with Crippen molar-refractivity contribution in [2.75, 3.05) is 0 Å². The molecule has 13 aromatic carbocycles. The Morgan fingerprint density at radius 1 is 0.198 bits per heavy atom. The summed E-state index contributed by atoms with van der Waals surface area (Å²) in [4.78, 5) is 10.7. The monoisotopic (exact) mass is 1090 g/mol. The first-order chi connectivity index (χ1) is 42.6. The van der Waals surface area contributed by atoms with Crippen molar-refractivity contribution in [1.82, 2.24) is 9.97 Å². The highest BCUT2D eigenvalue weighted by Crippen LogP contribution is 2.53. The van der Waals surface area contributed by atoms with E-state index in [0.717, 1.165) is 122 Å². The van der Waals surface area contributed by atoms with Crippen LogP contribution >= 0.6 is 0 Å². The lowest BCUT2D eigenvalue weighted by Crippen LogP contribution is -1.99. The number of hydrogen-bond acceptors (Lipinski definition) is 4. The van der Waals surface area contributed by atoms with Crippen molar-refractivity contribution in [1.29, 1.82) is 10.5 Å². The molecule has 0 aliphatic rings. The SMILES string of the molecule is N#Cc1cc2nc(-c3ccc(-c4cc(-c5ccccc5)c(-c5ccccc5)c(-c5ccccc5)c4-c4ccccc4)cc3)c(-c3ccc(-c4cc(-c5ccccc5)c(-c5ccccc5)c(-c5ccccc5)c4-c4ccccc4)cc3)nc2cc1C#N. The highest BCUT2D eigenvalue weighted by molar-refractivity contribution is 6.09. The van der Waals surface area contributed by atoms with E-state index < -0.39 is 0 Å². The molecule has 400 valence electrons. The third-order valence-corrected chi connectivity index (χ3v) is 16.2. The van der Waals surface area contributed by atoms with Gasteiger partial charge in [0.25, 0.3) is 0 Å². The fraction of sp³-hybridized carbons (Fsp3) is 0. The standard InChI is InChI=1S/C82H52N4/c83-53-67-49-73-74(50-68(67)54-84)86-82(66-47-43-58(44-48-66)72-52-70(56-27-11-2-12-28-56)76(60-31-15-4-16-32-60)80(64-39-23-8-24-40-64)78(72)62-35-19-6-20-36-62)81(85-73)65-45-41-57(42-46-65)71-51-69(55-25-9-1-10-26-55)75(59-29-13-3-14-30-59)79(63-37-21-7-22-38-63)77(71)61-33-17-5-18-34-61/h1-52H. The van der Waals surface area contributed by atoms with E-state index in [9.17, 15) is 10.5 Å². The molecular weight excluding hydrogens is 1040 g/mol. The summed E-state index contributed by atoms with van der Waals surface area (Å²) in [6, 6.07) is 116. The van der Waals surface area contributed by atoms with E-state index in [0.29, 0.717) is 22.4 Å². The van der Waals surface area contributed by atoms with Crippen LogP contribution in [-0.2, 0) is 0 Å². The number of nitriles is 2. The lowest BCUT2D eigenvalue weighted by atomic mass is 9.78. The van der Waals surface area contributed by atoms with Crippen LogP contribution in [0.2, 0.25) is 0 Å². The van der Waals surface area contributed by atoms with Crippen LogP contribution in [0.1, 0.15) is 11.1 Å². The number of benzene rings is 13. The molecule has 0 aliphatic heterocycles. The summed E-state index contributed by atoms with van der Waals surface area (Å²) in [5, 5.41) is 20.5. The van der Waals surface area contributed by atoms with Crippen LogP contribution in [-0.4, -0.2) is 9.97 Å². The lowest BCUT2D eigenvalue weighted by molar-refractivity contribution is 1.28. The van der Waals surface area contributed by atoms with Crippen LogP contribution in [0.15, 0.2) is 315 Å². The molecule has 0 atom stereocenters. The highest BCUT2D eigenvalue weighted by Gasteiger charge is 2.27. The molecule has 86 heavy (non-hydrogen) atoms. The van der Waals surface area contributed by atoms with Gasteiger partial charge in [0.05, 0.1) is 33.5 Å². The van der Waals surface area contributed by atoms with E-state index in [4.69, 9.17) is 9.97 Å². The molecule has 1 heterocycles. The van der Waals surface area contributed by atoms with E-state index in [1.165, 1.54) is 0 Å². The van der Waals surface area contributed by atoms with Crippen LogP contribution < -0.4 is 0 Å². The highest BCUT2D eigenvalue weighted by atomic mass is 14.8. The van der Waals surface area contributed by atoms with Gasteiger partial charge in [-0.15, -0.1) is 0 Å². The average Bonchev–Trinajstić information content (AvgIpc) is 0.882. The van der Waals surface area contributed by atoms with Gasteiger partial charge in [0.2, 0.25) is 0 Å². The molecule has 0 saturated heterocycles. The number of fused-ring (bicyclic) bond motifs is 1. The molecule has 4 nitrogen and oxygen atoms in total. The smallest absolute Gasteiger partial charge is 0.101 e. The van der Waals surface area contributed by atoms with E-state index >= 15 is 0 Å². The maximum atomic E-state index is 10.2. The minimum atomic E-state index is 0.251. The Bertz CT molecular complexity index is 4540. The van der Waals surface area contributed by atoms with Gasteiger partial charge in [-0.2, -0.15) is 10.5 Å². The van der Waals surface area contributed by atoms with Crippen molar-refractivity contribution in [2.45, 2.75) is 0 Å². The first-order valence-corrected chi connectivity index (χ1v) is 28.8. The third-order valence-electron chi connectivity index (χ3n) is 16.2. The van der Waals surface area contributed by atoms with Gasteiger partial charge in [0, 0.05) is 11.1 Å². The predicted octanol–water partition coefficient (Wildman–Crippen LogP) is 21.4. The number of hydrogen-bond donors (Lipinski definition) is 0. The molecule has 0 fully saturated rings. The molecule has 4 heteroatoms. The summed E-state index contributed by atoms with van der Waals surface area (Å²) >= 11 is 0. The lowest BCUT2D eigenvalue weighted by Gasteiger charge is -2.24. The molecule has 0 amide bonds. The fourth-order valence-electron chi connectivity index (χ4n) is 12.2. The zero-order valence-corrected chi connectivity index (χ0v) is 46.8. The minimum absolute atomic E-state index is 0.251. The van der Waals surface area contributed by atoms with Crippen molar-refractivity contribution >= 4 is 11.0 Å². The zero-order valence-electron chi connectivity index (χ0n) is 46.8. The second-order valence-electron chi connectivity index (χ2n) is 21.3. The van der Waals surface area contributed by atoms with Crippen molar-refractivity contribution in [2.24, 2.45) is 0 Å². The van der Waals surface area contributed by atoms with Crippen LogP contribution in [0.4, 0.5) is 0 Å². The Morgan fingerprint density at radius 3 is 0.628 bits per heavy atom.